The second-order valence-electron chi connectivity index (χ2n) is 5.72. The molecule has 3 N–H and O–H groups in total. The molecule has 2 rings (SSSR count). The van der Waals surface area contributed by atoms with E-state index >= 15 is 0 Å². The van der Waals surface area contributed by atoms with Gasteiger partial charge in [-0.15, -0.1) is 0 Å². The van der Waals surface area contributed by atoms with Gasteiger partial charge in [0.1, 0.15) is 0 Å². The van der Waals surface area contributed by atoms with Gasteiger partial charge in [0.2, 0.25) is 12.7 Å². The molecule has 1 aliphatic rings. The minimum atomic E-state index is -1.07. The average Bonchev–Trinajstić information content (AvgIpc) is 2.97. The molecule has 0 spiro atoms. The zero-order valence-electron chi connectivity index (χ0n) is 12.8. The van der Waals surface area contributed by atoms with Crippen molar-refractivity contribution < 1.29 is 29.0 Å². The van der Waals surface area contributed by atoms with Gasteiger partial charge in [-0.1, -0.05) is 0 Å². The SMILES string of the molecule is CC(C)(CNC(=O)CNC(=O)c1ccc2c(c1)OCO2)C(=O)O. The number of amides is 2. The summed E-state index contributed by atoms with van der Waals surface area (Å²) < 4.78 is 10.3. The molecule has 1 aliphatic heterocycles. The molecular weight excluding hydrogens is 304 g/mol. The third-order valence-electron chi connectivity index (χ3n) is 3.35. The minimum absolute atomic E-state index is 0.0267. The molecule has 124 valence electrons. The average molecular weight is 322 g/mol. The molecule has 0 fully saturated rings. The lowest BCUT2D eigenvalue weighted by atomic mass is 9.94. The highest BCUT2D eigenvalue weighted by molar-refractivity contribution is 5.97. The van der Waals surface area contributed by atoms with Crippen molar-refractivity contribution in [1.82, 2.24) is 10.6 Å². The number of hydrogen-bond acceptors (Lipinski definition) is 5. The van der Waals surface area contributed by atoms with Crippen LogP contribution in [0.15, 0.2) is 18.2 Å². The van der Waals surface area contributed by atoms with Crippen LogP contribution in [0, 0.1) is 5.41 Å². The summed E-state index contributed by atoms with van der Waals surface area (Å²) in [5, 5.41) is 13.9. The highest BCUT2D eigenvalue weighted by atomic mass is 16.7. The number of fused-ring (bicyclic) bond motifs is 1. The van der Waals surface area contributed by atoms with Crippen molar-refractivity contribution in [2.75, 3.05) is 19.9 Å². The lowest BCUT2D eigenvalue weighted by molar-refractivity contribution is -0.146. The number of aliphatic carboxylic acids is 1. The van der Waals surface area contributed by atoms with Gasteiger partial charge in [0.15, 0.2) is 11.5 Å². The summed E-state index contributed by atoms with van der Waals surface area (Å²) in [5.41, 5.74) is -0.732. The lowest BCUT2D eigenvalue weighted by Gasteiger charge is -2.19. The van der Waals surface area contributed by atoms with Gasteiger partial charge >= 0.3 is 5.97 Å². The second kappa shape index (κ2) is 6.55. The van der Waals surface area contributed by atoms with Gasteiger partial charge in [0.25, 0.3) is 5.91 Å². The molecule has 1 aromatic carbocycles. The van der Waals surface area contributed by atoms with Crippen molar-refractivity contribution in [3.63, 3.8) is 0 Å². The highest BCUT2D eigenvalue weighted by Crippen LogP contribution is 2.32. The zero-order chi connectivity index (χ0) is 17.0. The fourth-order valence-electron chi connectivity index (χ4n) is 1.76. The number of nitrogens with one attached hydrogen (secondary N) is 2. The second-order valence-corrected chi connectivity index (χ2v) is 5.72. The largest absolute Gasteiger partial charge is 0.481 e. The van der Waals surface area contributed by atoms with Gasteiger partial charge in [-0.05, 0) is 32.0 Å². The molecule has 0 saturated carbocycles. The van der Waals surface area contributed by atoms with Gasteiger partial charge in [-0.2, -0.15) is 0 Å². The van der Waals surface area contributed by atoms with Crippen LogP contribution in [0.1, 0.15) is 24.2 Å². The summed E-state index contributed by atoms with van der Waals surface area (Å²) >= 11 is 0. The first-order chi connectivity index (χ1) is 10.8. The van der Waals surface area contributed by atoms with Crippen molar-refractivity contribution in [2.45, 2.75) is 13.8 Å². The number of carbonyl (C=O) groups excluding carboxylic acids is 2. The Bertz CT molecular complexity index is 641. The Hall–Kier alpha value is -2.77. The maximum absolute atomic E-state index is 12.0. The molecule has 1 aromatic rings. The number of hydrogen-bond donors (Lipinski definition) is 3. The molecule has 8 heteroatoms. The molecule has 0 aromatic heterocycles. The van der Waals surface area contributed by atoms with Gasteiger partial charge in [-0.3, -0.25) is 14.4 Å². The van der Waals surface area contributed by atoms with Crippen molar-refractivity contribution in [1.29, 1.82) is 0 Å². The van der Waals surface area contributed by atoms with Crippen molar-refractivity contribution in [2.24, 2.45) is 5.41 Å². The quantitative estimate of drug-likeness (QED) is 0.697. The van der Waals surface area contributed by atoms with Crippen molar-refractivity contribution in [3.05, 3.63) is 23.8 Å². The maximum atomic E-state index is 12.0. The first kappa shape index (κ1) is 16.6. The summed E-state index contributed by atoms with van der Waals surface area (Å²) in [6.07, 6.45) is 0. The number of carboxylic acids is 1. The van der Waals surface area contributed by atoms with Crippen LogP contribution in [-0.2, 0) is 9.59 Å². The van der Waals surface area contributed by atoms with Crippen LogP contribution in [-0.4, -0.2) is 42.8 Å². The zero-order valence-corrected chi connectivity index (χ0v) is 12.8. The number of rotatable bonds is 6. The molecule has 0 radical (unpaired) electrons. The van der Waals surface area contributed by atoms with E-state index in [-0.39, 0.29) is 19.9 Å². The Morgan fingerprint density at radius 2 is 1.87 bits per heavy atom. The van der Waals surface area contributed by atoms with E-state index in [9.17, 15) is 14.4 Å². The Labute approximate surface area is 132 Å². The molecule has 23 heavy (non-hydrogen) atoms. The monoisotopic (exact) mass is 322 g/mol. The van der Waals surface area contributed by atoms with Crippen LogP contribution in [0.3, 0.4) is 0 Å². The molecule has 0 saturated heterocycles. The third-order valence-corrected chi connectivity index (χ3v) is 3.35. The van der Waals surface area contributed by atoms with Crippen LogP contribution < -0.4 is 20.1 Å². The van der Waals surface area contributed by atoms with Crippen LogP contribution in [0.2, 0.25) is 0 Å². The predicted molar refractivity (Wildman–Crippen MR) is 79.3 cm³/mol. The lowest BCUT2D eigenvalue weighted by Crippen LogP contribution is -2.43. The molecule has 0 aliphatic carbocycles. The Kier molecular flexibility index (Phi) is 4.73. The van der Waals surface area contributed by atoms with Crippen LogP contribution >= 0.6 is 0 Å². The Balaban J connectivity index is 1.82. The molecule has 8 nitrogen and oxygen atoms in total. The first-order valence-electron chi connectivity index (χ1n) is 6.97. The molecule has 1 heterocycles. The van der Waals surface area contributed by atoms with E-state index in [0.717, 1.165) is 0 Å². The van der Waals surface area contributed by atoms with E-state index in [2.05, 4.69) is 10.6 Å². The van der Waals surface area contributed by atoms with E-state index < -0.39 is 23.2 Å². The Morgan fingerprint density at radius 1 is 1.17 bits per heavy atom. The summed E-state index contributed by atoms with van der Waals surface area (Å²) in [7, 11) is 0. The van der Waals surface area contributed by atoms with Crippen LogP contribution in [0.4, 0.5) is 0 Å². The molecule has 0 atom stereocenters. The summed E-state index contributed by atoms with van der Waals surface area (Å²) in [4.78, 5) is 34.6. The summed E-state index contributed by atoms with van der Waals surface area (Å²) in [5.74, 6) is -0.868. The number of ether oxygens (including phenoxy) is 2. The minimum Gasteiger partial charge on any atom is -0.481 e. The first-order valence-corrected chi connectivity index (χ1v) is 6.97. The Morgan fingerprint density at radius 3 is 2.57 bits per heavy atom. The molecule has 0 bridgehead atoms. The van der Waals surface area contributed by atoms with E-state index in [4.69, 9.17) is 14.6 Å². The van der Waals surface area contributed by atoms with Crippen LogP contribution in [0.5, 0.6) is 11.5 Å². The standard InChI is InChI=1S/C15H18N2O6/c1-15(2,14(20)21)7-17-12(18)6-16-13(19)9-3-4-10-11(5-9)23-8-22-10/h3-5H,6-8H2,1-2H3,(H,16,19)(H,17,18)(H,20,21). The van der Waals surface area contributed by atoms with Crippen LogP contribution in [0.25, 0.3) is 0 Å². The number of carboxylic acid groups (broad SMARTS) is 1. The molecular formula is C15H18N2O6. The van der Waals surface area contributed by atoms with E-state index in [0.29, 0.717) is 17.1 Å². The summed E-state index contributed by atoms with van der Waals surface area (Å²) in [6, 6.07) is 4.71. The third kappa shape index (κ3) is 4.12. The van der Waals surface area contributed by atoms with E-state index in [1.165, 1.54) is 19.9 Å². The fraction of sp³-hybridized carbons (Fsp3) is 0.400. The number of carbonyl (C=O) groups is 3. The smallest absolute Gasteiger partial charge is 0.310 e. The highest BCUT2D eigenvalue weighted by Gasteiger charge is 2.27. The van der Waals surface area contributed by atoms with E-state index in [1.807, 2.05) is 0 Å². The molecule has 0 unspecified atom stereocenters. The maximum Gasteiger partial charge on any atom is 0.310 e. The van der Waals surface area contributed by atoms with Gasteiger partial charge in [0.05, 0.1) is 12.0 Å². The van der Waals surface area contributed by atoms with Gasteiger partial charge in [-0.25, -0.2) is 0 Å². The number of benzene rings is 1. The van der Waals surface area contributed by atoms with Gasteiger partial charge in [0, 0.05) is 12.1 Å². The van der Waals surface area contributed by atoms with Gasteiger partial charge < -0.3 is 25.2 Å². The summed E-state index contributed by atoms with van der Waals surface area (Å²) in [6.45, 7) is 2.84. The normalized spacial score (nSPS) is 12.6. The topological polar surface area (TPSA) is 114 Å². The predicted octanol–water partition coefficient (Wildman–Crippen LogP) is 0.372. The van der Waals surface area contributed by atoms with Crippen molar-refractivity contribution >= 4 is 17.8 Å². The van der Waals surface area contributed by atoms with Crippen molar-refractivity contribution in [3.8, 4) is 11.5 Å². The fourth-order valence-corrected chi connectivity index (χ4v) is 1.76. The molecule has 2 amide bonds. The van der Waals surface area contributed by atoms with E-state index in [1.54, 1.807) is 12.1 Å².